The largest absolute Gasteiger partial charge is 0.573 e. The Bertz CT molecular complexity index is 569. The average Bonchev–Trinajstić information content (AvgIpc) is 2.45. The molecule has 2 aromatic carbocycles. The molecule has 0 aliphatic heterocycles. The maximum Gasteiger partial charge on any atom is 0.573 e. The topological polar surface area (TPSA) is 35.2 Å². The molecule has 0 spiro atoms. The van der Waals surface area contributed by atoms with Crippen molar-refractivity contribution in [2.45, 2.75) is 25.2 Å². The van der Waals surface area contributed by atoms with Gasteiger partial charge >= 0.3 is 6.36 Å². The molecule has 0 radical (unpaired) electrons. The molecule has 0 saturated heterocycles. The molecule has 0 saturated carbocycles. The van der Waals surface area contributed by atoms with Crippen molar-refractivity contribution >= 4 is 0 Å². The average molecular weight is 295 g/mol. The molecule has 0 amide bonds. The molecule has 21 heavy (non-hydrogen) atoms. The summed E-state index contributed by atoms with van der Waals surface area (Å²) >= 11 is 0. The monoisotopic (exact) mass is 295 g/mol. The molecule has 2 rings (SSSR count). The highest BCUT2D eigenvalue weighted by Crippen LogP contribution is 2.31. The van der Waals surface area contributed by atoms with Gasteiger partial charge in [-0.1, -0.05) is 48.5 Å². The Morgan fingerprint density at radius 1 is 0.952 bits per heavy atom. The summed E-state index contributed by atoms with van der Waals surface area (Å²) in [7, 11) is 0. The molecular formula is C16H16F3NO. The van der Waals surface area contributed by atoms with Crippen molar-refractivity contribution in [1.82, 2.24) is 0 Å². The molecule has 0 aliphatic carbocycles. The van der Waals surface area contributed by atoms with E-state index in [0.29, 0.717) is 18.4 Å². The van der Waals surface area contributed by atoms with Gasteiger partial charge in [-0.05, 0) is 24.5 Å². The van der Waals surface area contributed by atoms with Crippen molar-refractivity contribution < 1.29 is 17.9 Å². The van der Waals surface area contributed by atoms with E-state index in [4.69, 9.17) is 5.73 Å². The number of para-hydroxylation sites is 1. The van der Waals surface area contributed by atoms with Crippen molar-refractivity contribution in [3.8, 4) is 5.75 Å². The summed E-state index contributed by atoms with van der Waals surface area (Å²) in [5.74, 6) is -0.231. The minimum atomic E-state index is -4.71. The number of ether oxygens (including phenoxy) is 1. The molecule has 0 aromatic heterocycles. The molecule has 0 heterocycles. The van der Waals surface area contributed by atoms with E-state index in [2.05, 4.69) is 4.74 Å². The van der Waals surface area contributed by atoms with Gasteiger partial charge in [0.25, 0.3) is 0 Å². The molecule has 2 aromatic rings. The molecule has 112 valence electrons. The molecule has 5 heteroatoms. The summed E-state index contributed by atoms with van der Waals surface area (Å²) in [6, 6.07) is 15.2. The molecule has 0 bridgehead atoms. The van der Waals surface area contributed by atoms with E-state index in [-0.39, 0.29) is 5.75 Å². The standard InChI is InChI=1S/C16H16F3NO/c17-16(18,19)21-15-9-5-4-8-13(15)14(20)11-10-12-6-2-1-3-7-12/h1-9,14H,10-11,20H2. The summed E-state index contributed by atoms with van der Waals surface area (Å²) in [5.41, 5.74) is 7.48. The Balaban J connectivity index is 2.07. The summed E-state index contributed by atoms with van der Waals surface area (Å²) in [6.45, 7) is 0. The predicted octanol–water partition coefficient (Wildman–Crippen LogP) is 4.22. The van der Waals surface area contributed by atoms with Crippen molar-refractivity contribution in [2.75, 3.05) is 0 Å². The number of halogens is 3. The Kier molecular flexibility index (Phi) is 4.85. The lowest BCUT2D eigenvalue weighted by Crippen LogP contribution is -2.20. The van der Waals surface area contributed by atoms with Crippen LogP contribution in [0.5, 0.6) is 5.75 Å². The number of alkyl halides is 3. The van der Waals surface area contributed by atoms with Crippen LogP contribution in [0, 0.1) is 0 Å². The van der Waals surface area contributed by atoms with Crippen LogP contribution in [0.4, 0.5) is 13.2 Å². The highest BCUT2D eigenvalue weighted by molar-refractivity contribution is 5.36. The Morgan fingerprint density at radius 3 is 2.24 bits per heavy atom. The zero-order valence-electron chi connectivity index (χ0n) is 11.3. The van der Waals surface area contributed by atoms with Crippen LogP contribution in [0.2, 0.25) is 0 Å². The third kappa shape index (κ3) is 4.79. The first kappa shape index (κ1) is 15.4. The summed E-state index contributed by atoms with van der Waals surface area (Å²) in [5, 5.41) is 0. The first-order valence-corrected chi connectivity index (χ1v) is 6.60. The van der Waals surface area contributed by atoms with E-state index in [1.807, 2.05) is 30.3 Å². The zero-order chi connectivity index (χ0) is 15.3. The van der Waals surface area contributed by atoms with E-state index in [1.54, 1.807) is 12.1 Å². The maximum atomic E-state index is 12.4. The lowest BCUT2D eigenvalue weighted by molar-refractivity contribution is -0.275. The third-order valence-electron chi connectivity index (χ3n) is 3.13. The predicted molar refractivity (Wildman–Crippen MR) is 74.8 cm³/mol. The SMILES string of the molecule is NC(CCc1ccccc1)c1ccccc1OC(F)(F)F. The minimum absolute atomic E-state index is 0.231. The zero-order valence-corrected chi connectivity index (χ0v) is 11.3. The van der Waals surface area contributed by atoms with E-state index < -0.39 is 12.4 Å². The Morgan fingerprint density at radius 2 is 1.57 bits per heavy atom. The normalized spacial score (nSPS) is 13.0. The van der Waals surface area contributed by atoms with Gasteiger partial charge in [0, 0.05) is 11.6 Å². The molecule has 1 unspecified atom stereocenters. The number of hydrogen-bond donors (Lipinski definition) is 1. The quantitative estimate of drug-likeness (QED) is 0.896. The Labute approximate surface area is 121 Å². The van der Waals surface area contributed by atoms with E-state index in [9.17, 15) is 13.2 Å². The van der Waals surface area contributed by atoms with Gasteiger partial charge in [0.15, 0.2) is 0 Å². The number of hydrogen-bond acceptors (Lipinski definition) is 2. The van der Waals surface area contributed by atoms with Gasteiger partial charge in [0.2, 0.25) is 0 Å². The van der Waals surface area contributed by atoms with Crippen LogP contribution in [0.1, 0.15) is 23.6 Å². The second-order valence-electron chi connectivity index (χ2n) is 4.72. The van der Waals surface area contributed by atoms with Crippen LogP contribution in [-0.4, -0.2) is 6.36 Å². The van der Waals surface area contributed by atoms with Crippen molar-refractivity contribution in [1.29, 1.82) is 0 Å². The van der Waals surface area contributed by atoms with Crippen molar-refractivity contribution in [3.05, 3.63) is 65.7 Å². The highest BCUT2D eigenvalue weighted by Gasteiger charge is 2.32. The number of rotatable bonds is 5. The van der Waals surface area contributed by atoms with E-state index >= 15 is 0 Å². The third-order valence-corrected chi connectivity index (χ3v) is 3.13. The first-order valence-electron chi connectivity index (χ1n) is 6.60. The summed E-state index contributed by atoms with van der Waals surface area (Å²) < 4.78 is 41.1. The molecule has 2 nitrogen and oxygen atoms in total. The van der Waals surface area contributed by atoms with Crippen molar-refractivity contribution in [3.63, 3.8) is 0 Å². The van der Waals surface area contributed by atoms with Crippen LogP contribution < -0.4 is 10.5 Å². The van der Waals surface area contributed by atoms with E-state index in [1.165, 1.54) is 12.1 Å². The van der Waals surface area contributed by atoms with Gasteiger partial charge in [0.1, 0.15) is 5.75 Å². The Hall–Kier alpha value is -2.01. The van der Waals surface area contributed by atoms with Gasteiger partial charge in [-0.25, -0.2) is 0 Å². The fraction of sp³-hybridized carbons (Fsp3) is 0.250. The fourth-order valence-electron chi connectivity index (χ4n) is 2.13. The van der Waals surface area contributed by atoms with Crippen LogP contribution >= 0.6 is 0 Å². The lowest BCUT2D eigenvalue weighted by Gasteiger charge is -2.17. The first-order chi connectivity index (χ1) is 9.96. The molecule has 2 N–H and O–H groups in total. The van der Waals surface area contributed by atoms with Crippen LogP contribution in [0.15, 0.2) is 54.6 Å². The van der Waals surface area contributed by atoms with Gasteiger partial charge in [-0.15, -0.1) is 13.2 Å². The number of benzene rings is 2. The van der Waals surface area contributed by atoms with Gasteiger partial charge in [0.05, 0.1) is 0 Å². The van der Waals surface area contributed by atoms with E-state index in [0.717, 1.165) is 5.56 Å². The molecular weight excluding hydrogens is 279 g/mol. The molecule has 0 fully saturated rings. The lowest BCUT2D eigenvalue weighted by atomic mass is 9.99. The minimum Gasteiger partial charge on any atom is -0.405 e. The van der Waals surface area contributed by atoms with Crippen LogP contribution in [0.3, 0.4) is 0 Å². The summed E-state index contributed by atoms with van der Waals surface area (Å²) in [4.78, 5) is 0. The fourth-order valence-corrected chi connectivity index (χ4v) is 2.13. The summed E-state index contributed by atoms with van der Waals surface area (Å²) in [6.07, 6.45) is -3.47. The number of aryl methyl sites for hydroxylation is 1. The maximum absolute atomic E-state index is 12.4. The number of nitrogens with two attached hydrogens (primary N) is 1. The molecule has 1 atom stereocenters. The van der Waals surface area contributed by atoms with Gasteiger partial charge in [-0.2, -0.15) is 0 Å². The van der Waals surface area contributed by atoms with Gasteiger partial charge < -0.3 is 10.5 Å². The van der Waals surface area contributed by atoms with Crippen LogP contribution in [0.25, 0.3) is 0 Å². The van der Waals surface area contributed by atoms with Gasteiger partial charge in [-0.3, -0.25) is 0 Å². The second kappa shape index (κ2) is 6.63. The highest BCUT2D eigenvalue weighted by atomic mass is 19.4. The van der Waals surface area contributed by atoms with Crippen molar-refractivity contribution in [2.24, 2.45) is 5.73 Å². The smallest absolute Gasteiger partial charge is 0.405 e. The molecule has 0 aliphatic rings. The second-order valence-corrected chi connectivity index (χ2v) is 4.72. The van der Waals surface area contributed by atoms with Crippen LogP contribution in [-0.2, 0) is 6.42 Å².